The van der Waals surface area contributed by atoms with E-state index in [1.165, 1.54) is 6.07 Å². The lowest BCUT2D eigenvalue weighted by atomic mass is 10.1. The Labute approximate surface area is 180 Å². The van der Waals surface area contributed by atoms with Crippen LogP contribution >= 0.6 is 0 Å². The fraction of sp³-hybridized carbons (Fsp3) is 0.261. The Morgan fingerprint density at radius 1 is 0.935 bits per heavy atom. The van der Waals surface area contributed by atoms with E-state index in [0.717, 1.165) is 21.6 Å². The van der Waals surface area contributed by atoms with Crippen LogP contribution in [-0.4, -0.2) is 43.6 Å². The van der Waals surface area contributed by atoms with Crippen LogP contribution in [0.25, 0.3) is 11.3 Å². The normalized spacial score (nSPS) is 10.4. The summed E-state index contributed by atoms with van der Waals surface area (Å²) in [6.07, 6.45) is 0.670. The number of carbonyl (C=O) groups is 1. The van der Waals surface area contributed by atoms with Crippen molar-refractivity contribution in [2.24, 2.45) is 0 Å². The number of carbonyl (C=O) groups excluding carboxylic acids is 1. The second kappa shape index (κ2) is 10.3. The number of benzene rings is 2. The van der Waals surface area contributed by atoms with Crippen LogP contribution < -0.4 is 25.1 Å². The molecule has 3 aromatic rings. The van der Waals surface area contributed by atoms with E-state index in [-0.39, 0.29) is 18.0 Å². The molecule has 0 saturated heterocycles. The maximum Gasteiger partial charge on any atom is 0.267 e. The molecule has 0 aliphatic carbocycles. The molecule has 0 bridgehead atoms. The van der Waals surface area contributed by atoms with E-state index in [2.05, 4.69) is 10.4 Å². The summed E-state index contributed by atoms with van der Waals surface area (Å²) in [7, 11) is 4.72. The summed E-state index contributed by atoms with van der Waals surface area (Å²) in [4.78, 5) is 24.5. The molecule has 3 rings (SSSR count). The third kappa shape index (κ3) is 5.63. The van der Waals surface area contributed by atoms with E-state index < -0.39 is 0 Å². The molecule has 0 spiro atoms. The van der Waals surface area contributed by atoms with Crippen molar-refractivity contribution in [1.82, 2.24) is 15.1 Å². The third-order valence-electron chi connectivity index (χ3n) is 4.73. The molecule has 31 heavy (non-hydrogen) atoms. The zero-order chi connectivity index (χ0) is 22.2. The Morgan fingerprint density at radius 2 is 1.68 bits per heavy atom. The van der Waals surface area contributed by atoms with Crippen LogP contribution in [0.3, 0.4) is 0 Å². The average Bonchev–Trinajstić information content (AvgIpc) is 2.80. The summed E-state index contributed by atoms with van der Waals surface area (Å²) < 4.78 is 16.8. The van der Waals surface area contributed by atoms with Gasteiger partial charge in [0.1, 0.15) is 12.3 Å². The lowest BCUT2D eigenvalue weighted by molar-refractivity contribution is -0.121. The van der Waals surface area contributed by atoms with Gasteiger partial charge in [-0.1, -0.05) is 12.1 Å². The smallest absolute Gasteiger partial charge is 0.267 e. The number of rotatable bonds is 9. The quantitative estimate of drug-likeness (QED) is 0.568. The summed E-state index contributed by atoms with van der Waals surface area (Å²) >= 11 is 0. The zero-order valence-electron chi connectivity index (χ0n) is 17.8. The first kappa shape index (κ1) is 21.9. The van der Waals surface area contributed by atoms with Crippen LogP contribution in [-0.2, 0) is 17.8 Å². The number of methoxy groups -OCH3 is 3. The summed E-state index contributed by atoms with van der Waals surface area (Å²) in [6.45, 7) is 0.290. The first-order chi connectivity index (χ1) is 15.0. The molecule has 0 fully saturated rings. The molecular weight excluding hydrogens is 398 g/mol. The minimum Gasteiger partial charge on any atom is -0.497 e. The fourth-order valence-electron chi connectivity index (χ4n) is 3.04. The largest absolute Gasteiger partial charge is 0.497 e. The lowest BCUT2D eigenvalue weighted by Gasteiger charge is -2.11. The highest BCUT2D eigenvalue weighted by molar-refractivity contribution is 5.75. The van der Waals surface area contributed by atoms with E-state index in [0.29, 0.717) is 30.2 Å². The molecule has 0 radical (unpaired) electrons. The van der Waals surface area contributed by atoms with Gasteiger partial charge in [0.25, 0.3) is 5.56 Å². The Bertz CT molecular complexity index is 1090. The molecule has 8 heteroatoms. The number of amides is 1. The second-order valence-corrected chi connectivity index (χ2v) is 6.73. The van der Waals surface area contributed by atoms with Crippen LogP contribution in [0.5, 0.6) is 17.2 Å². The van der Waals surface area contributed by atoms with Crippen LogP contribution in [0.2, 0.25) is 0 Å². The predicted octanol–water partition coefficient (Wildman–Crippen LogP) is 2.29. The Kier molecular flexibility index (Phi) is 7.26. The van der Waals surface area contributed by atoms with Gasteiger partial charge in [0.15, 0.2) is 11.5 Å². The summed E-state index contributed by atoms with van der Waals surface area (Å²) in [5, 5.41) is 7.15. The van der Waals surface area contributed by atoms with E-state index in [1.807, 2.05) is 30.3 Å². The van der Waals surface area contributed by atoms with E-state index in [9.17, 15) is 9.59 Å². The zero-order valence-corrected chi connectivity index (χ0v) is 17.8. The Balaban J connectivity index is 1.64. The van der Waals surface area contributed by atoms with Crippen molar-refractivity contribution < 1.29 is 19.0 Å². The first-order valence-corrected chi connectivity index (χ1v) is 9.74. The van der Waals surface area contributed by atoms with Gasteiger partial charge < -0.3 is 19.5 Å². The van der Waals surface area contributed by atoms with Gasteiger partial charge in [0.2, 0.25) is 5.91 Å². The van der Waals surface area contributed by atoms with Crippen molar-refractivity contribution in [3.05, 3.63) is 70.5 Å². The molecule has 0 aliphatic heterocycles. The molecule has 1 aromatic heterocycles. The number of hydrogen-bond acceptors (Lipinski definition) is 6. The highest BCUT2D eigenvalue weighted by Gasteiger charge is 2.11. The molecule has 0 atom stereocenters. The Hall–Kier alpha value is -3.81. The molecule has 0 unspecified atom stereocenters. The van der Waals surface area contributed by atoms with Gasteiger partial charge >= 0.3 is 0 Å². The highest BCUT2D eigenvalue weighted by atomic mass is 16.5. The number of nitrogens with one attached hydrogen (secondary N) is 1. The summed E-state index contributed by atoms with van der Waals surface area (Å²) in [5.41, 5.74) is 2.01. The molecule has 2 aromatic carbocycles. The number of hydrogen-bond donors (Lipinski definition) is 1. The molecule has 1 amide bonds. The molecule has 0 aliphatic rings. The number of nitrogens with zero attached hydrogens (tertiary/aromatic N) is 2. The van der Waals surface area contributed by atoms with Crippen molar-refractivity contribution in [3.63, 3.8) is 0 Å². The van der Waals surface area contributed by atoms with Gasteiger partial charge in [-0.2, -0.15) is 5.10 Å². The van der Waals surface area contributed by atoms with Crippen molar-refractivity contribution in [2.75, 3.05) is 27.9 Å². The minimum atomic E-state index is -0.352. The number of ether oxygens (including phenoxy) is 3. The minimum absolute atomic E-state index is 0.164. The summed E-state index contributed by atoms with van der Waals surface area (Å²) in [6, 6.07) is 16.0. The van der Waals surface area contributed by atoms with Crippen LogP contribution in [0.15, 0.2) is 59.4 Å². The van der Waals surface area contributed by atoms with Crippen molar-refractivity contribution >= 4 is 5.91 Å². The maximum atomic E-state index is 12.3. The molecule has 8 nitrogen and oxygen atoms in total. The molecule has 1 heterocycles. The average molecular weight is 423 g/mol. The standard InChI is InChI=1S/C23H25N3O5/c1-29-18-7-4-16(5-8-18)12-13-24-22(27)15-26-23(28)11-9-19(25-26)17-6-10-20(30-2)21(14-17)31-3/h4-11,14H,12-13,15H2,1-3H3,(H,24,27). The van der Waals surface area contributed by atoms with Crippen molar-refractivity contribution in [2.45, 2.75) is 13.0 Å². The molecular formula is C23H25N3O5. The van der Waals surface area contributed by atoms with E-state index in [4.69, 9.17) is 14.2 Å². The Morgan fingerprint density at radius 3 is 2.35 bits per heavy atom. The lowest BCUT2D eigenvalue weighted by Crippen LogP contribution is -2.34. The van der Waals surface area contributed by atoms with Crippen LogP contribution in [0, 0.1) is 0 Å². The van der Waals surface area contributed by atoms with E-state index in [1.54, 1.807) is 39.5 Å². The van der Waals surface area contributed by atoms with Gasteiger partial charge in [-0.25, -0.2) is 4.68 Å². The van der Waals surface area contributed by atoms with Crippen molar-refractivity contribution in [1.29, 1.82) is 0 Å². The van der Waals surface area contributed by atoms with Gasteiger partial charge in [0, 0.05) is 18.2 Å². The van der Waals surface area contributed by atoms with Gasteiger partial charge in [0.05, 0.1) is 27.0 Å². The topological polar surface area (TPSA) is 91.7 Å². The van der Waals surface area contributed by atoms with Gasteiger partial charge in [-0.3, -0.25) is 9.59 Å². The van der Waals surface area contributed by atoms with Crippen LogP contribution in [0.4, 0.5) is 0 Å². The monoisotopic (exact) mass is 423 g/mol. The fourth-order valence-corrected chi connectivity index (χ4v) is 3.04. The van der Waals surface area contributed by atoms with Crippen LogP contribution in [0.1, 0.15) is 5.56 Å². The summed E-state index contributed by atoms with van der Waals surface area (Å²) in [5.74, 6) is 1.65. The van der Waals surface area contributed by atoms with Gasteiger partial charge in [-0.15, -0.1) is 0 Å². The molecule has 162 valence electrons. The predicted molar refractivity (Wildman–Crippen MR) is 117 cm³/mol. The van der Waals surface area contributed by atoms with Crippen molar-refractivity contribution in [3.8, 4) is 28.5 Å². The third-order valence-corrected chi connectivity index (χ3v) is 4.73. The number of aromatic nitrogens is 2. The van der Waals surface area contributed by atoms with Gasteiger partial charge in [-0.05, 0) is 48.4 Å². The maximum absolute atomic E-state index is 12.3. The molecule has 0 saturated carbocycles. The molecule has 1 N–H and O–H groups in total. The SMILES string of the molecule is COc1ccc(CCNC(=O)Cn2nc(-c3ccc(OC)c(OC)c3)ccc2=O)cc1. The van der Waals surface area contributed by atoms with E-state index >= 15 is 0 Å². The first-order valence-electron chi connectivity index (χ1n) is 9.74. The highest BCUT2D eigenvalue weighted by Crippen LogP contribution is 2.31. The second-order valence-electron chi connectivity index (χ2n) is 6.73.